The molecule has 0 bridgehead atoms. The number of nitrogens with zero attached hydrogens (tertiary/aromatic N) is 2. The average molecular weight is 472 g/mol. The smallest absolute Gasteiger partial charge is 0.264 e. The van der Waals surface area contributed by atoms with Gasteiger partial charge in [-0.05, 0) is 48.9 Å². The van der Waals surface area contributed by atoms with E-state index in [2.05, 4.69) is 10.3 Å². The summed E-state index contributed by atoms with van der Waals surface area (Å²) in [6, 6.07) is 18.6. The second-order valence-corrected chi connectivity index (χ2v) is 10.3. The Balaban J connectivity index is 1.65. The van der Waals surface area contributed by atoms with Crippen LogP contribution in [0, 0.1) is 6.92 Å². The summed E-state index contributed by atoms with van der Waals surface area (Å²) in [6.07, 6.45) is 0. The van der Waals surface area contributed by atoms with Crippen LogP contribution in [0.4, 0.5) is 10.8 Å². The van der Waals surface area contributed by atoms with Gasteiger partial charge in [0.1, 0.15) is 0 Å². The van der Waals surface area contributed by atoms with Crippen LogP contribution in [0.5, 0.6) is 0 Å². The number of sulfonamides is 1. The van der Waals surface area contributed by atoms with Gasteiger partial charge in [-0.25, -0.2) is 13.4 Å². The number of aryl methyl sites for hydroxylation is 1. The highest BCUT2D eigenvalue weighted by molar-refractivity contribution is 7.92. The summed E-state index contributed by atoms with van der Waals surface area (Å²) in [7, 11) is -2.42. The Morgan fingerprint density at radius 2 is 1.81 bits per heavy atom. The van der Waals surface area contributed by atoms with Gasteiger partial charge in [0.2, 0.25) is 0 Å². The number of hydrogen-bond donors (Lipinski definition) is 1. The molecule has 1 heterocycles. The van der Waals surface area contributed by atoms with Crippen molar-refractivity contribution >= 4 is 59.9 Å². The molecule has 0 spiro atoms. The third kappa shape index (κ3) is 4.14. The van der Waals surface area contributed by atoms with Gasteiger partial charge in [0.15, 0.2) is 5.13 Å². The van der Waals surface area contributed by atoms with Crippen molar-refractivity contribution in [3.63, 3.8) is 0 Å². The van der Waals surface area contributed by atoms with Crippen molar-refractivity contribution in [2.75, 3.05) is 16.7 Å². The maximum atomic E-state index is 13.1. The van der Waals surface area contributed by atoms with E-state index in [1.165, 1.54) is 36.6 Å². The molecule has 0 aliphatic rings. The van der Waals surface area contributed by atoms with Crippen molar-refractivity contribution in [3.8, 4) is 0 Å². The lowest BCUT2D eigenvalue weighted by Crippen LogP contribution is -2.27. The zero-order valence-electron chi connectivity index (χ0n) is 16.7. The average Bonchev–Trinajstić information content (AvgIpc) is 3.17. The van der Waals surface area contributed by atoms with Crippen molar-refractivity contribution in [3.05, 3.63) is 82.9 Å². The molecule has 4 rings (SSSR count). The highest BCUT2D eigenvalue weighted by Crippen LogP contribution is 2.30. The van der Waals surface area contributed by atoms with Gasteiger partial charge in [-0.15, -0.1) is 0 Å². The molecule has 31 heavy (non-hydrogen) atoms. The van der Waals surface area contributed by atoms with Crippen LogP contribution in [0.25, 0.3) is 10.2 Å². The lowest BCUT2D eigenvalue weighted by atomic mass is 10.2. The van der Waals surface area contributed by atoms with Gasteiger partial charge in [0, 0.05) is 7.05 Å². The maximum absolute atomic E-state index is 13.1. The van der Waals surface area contributed by atoms with E-state index in [0.29, 0.717) is 10.8 Å². The summed E-state index contributed by atoms with van der Waals surface area (Å²) >= 11 is 7.56. The summed E-state index contributed by atoms with van der Waals surface area (Å²) < 4.78 is 28.3. The standard InChI is InChI=1S/C22H18ClN3O3S2/c1-14-7-6-10-19-20(14)24-22(30-19)25-21(27)17-13-16(11-12-18(17)23)31(28,29)26(2)15-8-4-3-5-9-15/h3-13H,1-2H3,(H,24,25,27). The topological polar surface area (TPSA) is 79.4 Å². The van der Waals surface area contributed by atoms with Crippen molar-refractivity contribution < 1.29 is 13.2 Å². The number of rotatable bonds is 5. The Hall–Kier alpha value is -2.94. The number of aromatic nitrogens is 1. The number of nitrogens with one attached hydrogen (secondary N) is 1. The van der Waals surface area contributed by atoms with Crippen molar-refractivity contribution in [2.45, 2.75) is 11.8 Å². The van der Waals surface area contributed by atoms with Crippen molar-refractivity contribution in [1.82, 2.24) is 4.98 Å². The monoisotopic (exact) mass is 471 g/mol. The van der Waals surface area contributed by atoms with Crippen LogP contribution in [0.2, 0.25) is 5.02 Å². The normalized spacial score (nSPS) is 11.5. The van der Waals surface area contributed by atoms with Gasteiger partial charge in [-0.3, -0.25) is 14.4 Å². The van der Waals surface area contributed by atoms with E-state index in [-0.39, 0.29) is 15.5 Å². The van der Waals surface area contributed by atoms with Crippen LogP contribution in [0.1, 0.15) is 15.9 Å². The van der Waals surface area contributed by atoms with Crippen LogP contribution < -0.4 is 9.62 Å². The summed E-state index contributed by atoms with van der Waals surface area (Å²) in [5.41, 5.74) is 2.38. The number of carbonyl (C=O) groups excluding carboxylic acids is 1. The molecule has 3 aromatic carbocycles. The lowest BCUT2D eigenvalue weighted by molar-refractivity contribution is 0.102. The van der Waals surface area contributed by atoms with Crippen LogP contribution in [-0.4, -0.2) is 26.4 Å². The van der Waals surface area contributed by atoms with Gasteiger partial charge in [-0.2, -0.15) is 0 Å². The number of para-hydroxylation sites is 2. The largest absolute Gasteiger partial charge is 0.298 e. The molecule has 6 nitrogen and oxygen atoms in total. The molecule has 4 aromatic rings. The highest BCUT2D eigenvalue weighted by atomic mass is 35.5. The molecule has 9 heteroatoms. The van der Waals surface area contributed by atoms with E-state index in [9.17, 15) is 13.2 Å². The fraction of sp³-hybridized carbons (Fsp3) is 0.0909. The van der Waals surface area contributed by atoms with Gasteiger partial charge in [0.25, 0.3) is 15.9 Å². The quantitative estimate of drug-likeness (QED) is 0.426. The van der Waals surface area contributed by atoms with Gasteiger partial charge in [0.05, 0.1) is 31.4 Å². The third-order valence-electron chi connectivity index (χ3n) is 4.80. The van der Waals surface area contributed by atoms with E-state index >= 15 is 0 Å². The predicted octanol–water partition coefficient (Wildman–Crippen LogP) is 5.34. The van der Waals surface area contributed by atoms with E-state index in [1.54, 1.807) is 30.3 Å². The summed E-state index contributed by atoms with van der Waals surface area (Å²) in [5, 5.41) is 3.30. The van der Waals surface area contributed by atoms with Crippen molar-refractivity contribution in [1.29, 1.82) is 0 Å². The molecule has 0 unspecified atom stereocenters. The SMILES string of the molecule is Cc1cccc2sc(NC(=O)c3cc(S(=O)(=O)N(C)c4ccccc4)ccc3Cl)nc12. The molecule has 0 saturated carbocycles. The molecule has 1 N–H and O–H groups in total. The predicted molar refractivity (Wildman–Crippen MR) is 126 cm³/mol. The third-order valence-corrected chi connectivity index (χ3v) is 7.85. The maximum Gasteiger partial charge on any atom is 0.264 e. The van der Waals surface area contributed by atoms with E-state index in [0.717, 1.165) is 20.1 Å². The zero-order valence-corrected chi connectivity index (χ0v) is 19.1. The number of benzene rings is 3. The molecule has 1 aromatic heterocycles. The molecule has 0 aliphatic carbocycles. The molecular formula is C22H18ClN3O3S2. The summed E-state index contributed by atoms with van der Waals surface area (Å²) in [4.78, 5) is 17.3. The van der Waals surface area contributed by atoms with Crippen molar-refractivity contribution in [2.24, 2.45) is 0 Å². The first-order chi connectivity index (χ1) is 14.8. The molecule has 158 valence electrons. The number of carbonyl (C=O) groups is 1. The number of thiazole rings is 1. The Labute approximate surface area is 189 Å². The Bertz CT molecular complexity index is 1390. The first-order valence-corrected chi connectivity index (χ1v) is 11.9. The fourth-order valence-electron chi connectivity index (χ4n) is 3.08. The lowest BCUT2D eigenvalue weighted by Gasteiger charge is -2.20. The Morgan fingerprint density at radius 3 is 2.52 bits per heavy atom. The van der Waals surface area contributed by atoms with E-state index < -0.39 is 15.9 Å². The molecule has 0 fully saturated rings. The minimum atomic E-state index is -3.88. The number of amides is 1. The first kappa shape index (κ1) is 21.3. The Kier molecular flexibility index (Phi) is 5.70. The molecule has 0 radical (unpaired) electrons. The number of fused-ring (bicyclic) bond motifs is 1. The number of anilines is 2. The molecule has 0 aliphatic heterocycles. The fourth-order valence-corrected chi connectivity index (χ4v) is 5.44. The molecule has 1 amide bonds. The van der Waals surface area contributed by atoms with Crippen LogP contribution in [0.15, 0.2) is 71.6 Å². The zero-order chi connectivity index (χ0) is 22.2. The van der Waals surface area contributed by atoms with Gasteiger partial charge in [-0.1, -0.05) is 53.3 Å². The van der Waals surface area contributed by atoms with Gasteiger partial charge < -0.3 is 0 Å². The minimum absolute atomic E-state index is 0.0338. The minimum Gasteiger partial charge on any atom is -0.298 e. The van der Waals surface area contributed by atoms with E-state index in [1.807, 2.05) is 25.1 Å². The summed E-state index contributed by atoms with van der Waals surface area (Å²) in [5.74, 6) is -0.527. The first-order valence-electron chi connectivity index (χ1n) is 9.28. The Morgan fingerprint density at radius 1 is 1.06 bits per heavy atom. The van der Waals surface area contributed by atoms with Crippen LogP contribution in [0.3, 0.4) is 0 Å². The highest BCUT2D eigenvalue weighted by Gasteiger charge is 2.24. The molecule has 0 saturated heterocycles. The number of halogens is 1. The summed E-state index contributed by atoms with van der Waals surface area (Å²) in [6.45, 7) is 1.95. The second-order valence-electron chi connectivity index (χ2n) is 6.84. The van der Waals surface area contributed by atoms with Crippen LogP contribution >= 0.6 is 22.9 Å². The van der Waals surface area contributed by atoms with E-state index in [4.69, 9.17) is 11.6 Å². The second kappa shape index (κ2) is 8.30. The van der Waals surface area contributed by atoms with Gasteiger partial charge >= 0.3 is 0 Å². The van der Waals surface area contributed by atoms with Crippen LogP contribution in [-0.2, 0) is 10.0 Å². The molecule has 0 atom stereocenters. The number of hydrogen-bond acceptors (Lipinski definition) is 5. The molecular weight excluding hydrogens is 454 g/mol.